The molecule has 1 saturated heterocycles. The second kappa shape index (κ2) is 6.73. The van der Waals surface area contributed by atoms with Crippen molar-refractivity contribution in [2.75, 3.05) is 36.0 Å². The zero-order chi connectivity index (χ0) is 19.1. The van der Waals surface area contributed by atoms with E-state index in [0.29, 0.717) is 24.5 Å². The summed E-state index contributed by atoms with van der Waals surface area (Å²) in [4.78, 5) is 25.2. The predicted molar refractivity (Wildman–Crippen MR) is 107 cm³/mol. The van der Waals surface area contributed by atoms with Gasteiger partial charge in [-0.3, -0.25) is 4.79 Å². The maximum absolute atomic E-state index is 12.0. The van der Waals surface area contributed by atoms with Crippen LogP contribution in [-0.2, 0) is 0 Å². The molecule has 0 saturated carbocycles. The van der Waals surface area contributed by atoms with Crippen LogP contribution in [0, 0.1) is 20.8 Å². The minimum atomic E-state index is -0.463. The smallest absolute Gasteiger partial charge is 0.252 e. The number of carbonyl (C=O) groups is 1. The van der Waals surface area contributed by atoms with Gasteiger partial charge in [0.1, 0.15) is 12.1 Å². The highest BCUT2D eigenvalue weighted by Crippen LogP contribution is 2.32. The maximum atomic E-state index is 12.0. The van der Waals surface area contributed by atoms with Gasteiger partial charge >= 0.3 is 0 Å². The van der Waals surface area contributed by atoms with Gasteiger partial charge in [0.15, 0.2) is 5.82 Å². The second-order valence-electron chi connectivity index (χ2n) is 6.74. The number of rotatable bonds is 3. The van der Waals surface area contributed by atoms with E-state index < -0.39 is 5.91 Å². The summed E-state index contributed by atoms with van der Waals surface area (Å²) in [5.41, 5.74) is 9.79. The van der Waals surface area contributed by atoms with Crippen molar-refractivity contribution in [3.8, 4) is 0 Å². The second-order valence-corrected chi connectivity index (χ2v) is 7.62. The van der Waals surface area contributed by atoms with Gasteiger partial charge in [0.05, 0.1) is 21.5 Å². The lowest BCUT2D eigenvalue weighted by molar-refractivity contribution is 0.0999. The number of nitrogens with two attached hydrogens (primary N) is 1. The topological polar surface area (TPSA) is 101 Å². The molecule has 2 N–H and O–H groups in total. The molecule has 1 aliphatic heterocycles. The third-order valence-electron chi connectivity index (χ3n) is 5.07. The number of primary amides is 1. The van der Waals surface area contributed by atoms with Crippen LogP contribution in [0.25, 0.3) is 10.2 Å². The highest BCUT2D eigenvalue weighted by Gasteiger charge is 2.26. The van der Waals surface area contributed by atoms with Crippen molar-refractivity contribution in [1.29, 1.82) is 0 Å². The Kier molecular flexibility index (Phi) is 4.39. The molecule has 0 spiro atoms. The van der Waals surface area contributed by atoms with Gasteiger partial charge in [-0.15, -0.1) is 16.4 Å². The molecule has 8 nitrogen and oxygen atoms in total. The van der Waals surface area contributed by atoms with Crippen molar-refractivity contribution < 1.29 is 4.79 Å². The molecular formula is C18H21N7OS. The van der Waals surface area contributed by atoms with Crippen LogP contribution >= 0.6 is 11.3 Å². The Bertz CT molecular complexity index is 1020. The normalized spacial score (nSPS) is 14.8. The fourth-order valence-electron chi connectivity index (χ4n) is 3.42. The summed E-state index contributed by atoms with van der Waals surface area (Å²) in [6, 6.07) is 0. The van der Waals surface area contributed by atoms with E-state index in [1.807, 2.05) is 13.8 Å². The highest BCUT2D eigenvalue weighted by molar-refractivity contribution is 7.18. The maximum Gasteiger partial charge on any atom is 0.252 e. The van der Waals surface area contributed by atoms with Crippen molar-refractivity contribution >= 4 is 39.1 Å². The van der Waals surface area contributed by atoms with Gasteiger partial charge in [0.25, 0.3) is 5.91 Å². The van der Waals surface area contributed by atoms with Crippen molar-refractivity contribution in [3.63, 3.8) is 0 Å². The number of hydrogen-bond donors (Lipinski definition) is 1. The molecular weight excluding hydrogens is 362 g/mol. The van der Waals surface area contributed by atoms with Crippen molar-refractivity contribution in [3.05, 3.63) is 34.1 Å². The van der Waals surface area contributed by atoms with Crippen LogP contribution in [0.5, 0.6) is 0 Å². The van der Waals surface area contributed by atoms with Gasteiger partial charge in [-0.05, 0) is 37.3 Å². The van der Waals surface area contributed by atoms with Crippen LogP contribution in [0.15, 0.2) is 11.7 Å². The van der Waals surface area contributed by atoms with Crippen LogP contribution in [0.1, 0.15) is 27.2 Å². The third-order valence-corrected chi connectivity index (χ3v) is 6.16. The van der Waals surface area contributed by atoms with Gasteiger partial charge in [0, 0.05) is 26.2 Å². The summed E-state index contributed by atoms with van der Waals surface area (Å²) in [5, 5.41) is 10.6. The number of aromatic nitrogens is 4. The van der Waals surface area contributed by atoms with E-state index in [2.05, 4.69) is 42.3 Å². The standard InChI is InChI=1S/C18H21N7OS/c1-10-8-27-15-14(10)20-9-21-18(15)25-6-4-24(5-7-25)17-13(16(19)26)11(2)12(3)22-23-17/h8-9H,4-7H2,1-3H3,(H2,19,26). The lowest BCUT2D eigenvalue weighted by Crippen LogP contribution is -2.48. The minimum absolute atomic E-state index is 0.463. The molecule has 27 heavy (non-hydrogen) atoms. The number of anilines is 2. The zero-order valence-corrected chi connectivity index (χ0v) is 16.4. The third kappa shape index (κ3) is 2.97. The Morgan fingerprint density at radius 3 is 2.37 bits per heavy atom. The van der Waals surface area contributed by atoms with Crippen molar-refractivity contribution in [2.45, 2.75) is 20.8 Å². The lowest BCUT2D eigenvalue weighted by Gasteiger charge is -2.36. The van der Waals surface area contributed by atoms with E-state index in [1.165, 1.54) is 5.56 Å². The summed E-state index contributed by atoms with van der Waals surface area (Å²) in [6.07, 6.45) is 1.63. The number of carbonyl (C=O) groups excluding carboxylic acids is 1. The Morgan fingerprint density at radius 1 is 1.04 bits per heavy atom. The average Bonchev–Trinajstić information content (AvgIpc) is 3.05. The largest absolute Gasteiger partial charge is 0.365 e. The Morgan fingerprint density at radius 2 is 1.70 bits per heavy atom. The van der Waals surface area contributed by atoms with E-state index in [4.69, 9.17) is 5.73 Å². The van der Waals surface area contributed by atoms with Gasteiger partial charge in [-0.25, -0.2) is 9.97 Å². The molecule has 0 aliphatic carbocycles. The monoisotopic (exact) mass is 383 g/mol. The van der Waals surface area contributed by atoms with Crippen LogP contribution < -0.4 is 15.5 Å². The first-order valence-corrected chi connectivity index (χ1v) is 9.67. The molecule has 0 bridgehead atoms. The molecule has 0 radical (unpaired) electrons. The molecule has 4 rings (SSSR count). The van der Waals surface area contributed by atoms with Crippen LogP contribution in [-0.4, -0.2) is 52.3 Å². The molecule has 3 aromatic heterocycles. The molecule has 0 aromatic carbocycles. The summed E-state index contributed by atoms with van der Waals surface area (Å²) >= 11 is 1.68. The zero-order valence-electron chi connectivity index (χ0n) is 15.6. The van der Waals surface area contributed by atoms with Gasteiger partial charge in [-0.2, -0.15) is 5.10 Å². The van der Waals surface area contributed by atoms with Crippen molar-refractivity contribution in [1.82, 2.24) is 20.2 Å². The van der Waals surface area contributed by atoms with E-state index in [-0.39, 0.29) is 0 Å². The average molecular weight is 383 g/mol. The Labute approximate surface area is 161 Å². The highest BCUT2D eigenvalue weighted by atomic mass is 32.1. The molecule has 9 heteroatoms. The molecule has 1 aliphatic rings. The van der Waals surface area contributed by atoms with E-state index in [0.717, 1.165) is 40.4 Å². The van der Waals surface area contributed by atoms with Crippen LogP contribution in [0.4, 0.5) is 11.6 Å². The molecule has 4 heterocycles. The lowest BCUT2D eigenvalue weighted by atomic mass is 10.1. The summed E-state index contributed by atoms with van der Waals surface area (Å²) in [6.45, 7) is 8.74. The number of nitrogens with zero attached hydrogens (tertiary/aromatic N) is 6. The molecule has 1 amide bonds. The quantitative estimate of drug-likeness (QED) is 0.736. The fraction of sp³-hybridized carbons (Fsp3) is 0.389. The number of aryl methyl sites for hydroxylation is 2. The van der Waals surface area contributed by atoms with Crippen LogP contribution in [0.2, 0.25) is 0 Å². The number of hydrogen-bond acceptors (Lipinski definition) is 8. The first-order valence-electron chi connectivity index (χ1n) is 8.79. The van der Waals surface area contributed by atoms with E-state index in [1.54, 1.807) is 17.7 Å². The molecule has 3 aromatic rings. The van der Waals surface area contributed by atoms with Crippen LogP contribution in [0.3, 0.4) is 0 Å². The number of amides is 1. The van der Waals surface area contributed by atoms with E-state index >= 15 is 0 Å². The number of fused-ring (bicyclic) bond motifs is 1. The van der Waals surface area contributed by atoms with Gasteiger partial charge in [-0.1, -0.05) is 0 Å². The predicted octanol–water partition coefficient (Wildman–Crippen LogP) is 1.83. The molecule has 0 unspecified atom stereocenters. The Balaban J connectivity index is 1.60. The summed E-state index contributed by atoms with van der Waals surface area (Å²) in [7, 11) is 0. The summed E-state index contributed by atoms with van der Waals surface area (Å²) < 4.78 is 1.12. The summed E-state index contributed by atoms with van der Waals surface area (Å²) in [5.74, 6) is 1.08. The molecule has 140 valence electrons. The van der Waals surface area contributed by atoms with Crippen molar-refractivity contribution in [2.24, 2.45) is 5.73 Å². The Hall–Kier alpha value is -2.81. The molecule has 1 fully saturated rings. The molecule has 0 atom stereocenters. The number of thiophene rings is 1. The van der Waals surface area contributed by atoms with Gasteiger partial charge < -0.3 is 15.5 Å². The van der Waals surface area contributed by atoms with Gasteiger partial charge in [0.2, 0.25) is 0 Å². The fourth-order valence-corrected chi connectivity index (χ4v) is 4.44. The van der Waals surface area contributed by atoms with E-state index in [9.17, 15) is 4.79 Å². The number of piperazine rings is 1. The minimum Gasteiger partial charge on any atom is -0.365 e. The SMILES string of the molecule is Cc1nnc(N2CCN(c3ncnc4c(C)csc34)CC2)c(C(N)=O)c1C. The first-order chi connectivity index (χ1) is 13.0. The first kappa shape index (κ1) is 17.6.